The highest BCUT2D eigenvalue weighted by molar-refractivity contribution is 5.93. The van der Waals surface area contributed by atoms with E-state index >= 15 is 0 Å². The van der Waals surface area contributed by atoms with Crippen LogP contribution in [0.2, 0.25) is 0 Å². The van der Waals surface area contributed by atoms with E-state index in [2.05, 4.69) is 63.5 Å². The van der Waals surface area contributed by atoms with Crippen molar-refractivity contribution in [2.24, 2.45) is 5.92 Å². The number of likely N-dealkylation sites (N-methyl/N-ethyl adjacent to an activating group) is 1. The molecule has 5 rings (SSSR count). The molecule has 6 nitrogen and oxygen atoms in total. The monoisotopic (exact) mass is 479 g/mol. The molecule has 1 saturated heterocycles. The van der Waals surface area contributed by atoms with Gasteiger partial charge in [-0.15, -0.1) is 0 Å². The lowest BCUT2D eigenvalue weighted by molar-refractivity contribution is 0.0597. The Morgan fingerprint density at radius 2 is 1.69 bits per heavy atom. The van der Waals surface area contributed by atoms with Crippen molar-refractivity contribution in [3.63, 3.8) is 0 Å². The molecule has 0 aliphatic carbocycles. The van der Waals surface area contributed by atoms with E-state index in [9.17, 15) is 4.79 Å². The van der Waals surface area contributed by atoms with Gasteiger partial charge < -0.3 is 4.90 Å². The van der Waals surface area contributed by atoms with Gasteiger partial charge in [0.15, 0.2) is 0 Å². The second-order valence-corrected chi connectivity index (χ2v) is 9.70. The highest BCUT2D eigenvalue weighted by atomic mass is 16.2. The molecule has 184 valence electrons. The van der Waals surface area contributed by atoms with Crippen LogP contribution in [0, 0.1) is 5.92 Å². The summed E-state index contributed by atoms with van der Waals surface area (Å²) in [6.07, 6.45) is 6.74. The van der Waals surface area contributed by atoms with E-state index in [4.69, 9.17) is 0 Å². The second-order valence-electron chi connectivity index (χ2n) is 9.70. The molecule has 0 unspecified atom stereocenters. The molecule has 0 bridgehead atoms. The largest absolute Gasteiger partial charge is 0.337 e. The molecule has 1 N–H and O–H groups in total. The zero-order valence-corrected chi connectivity index (χ0v) is 20.8. The normalized spacial score (nSPS) is 15.2. The van der Waals surface area contributed by atoms with Crippen LogP contribution in [0.15, 0.2) is 91.3 Å². The van der Waals surface area contributed by atoms with Crippen molar-refractivity contribution >= 4 is 5.91 Å². The molecule has 2 aromatic carbocycles. The number of nitrogens with one attached hydrogen (secondary N) is 1. The van der Waals surface area contributed by atoms with Gasteiger partial charge in [0.1, 0.15) is 5.69 Å². The van der Waals surface area contributed by atoms with Gasteiger partial charge in [-0.05, 0) is 55.5 Å². The fraction of sp³-hybridized carbons (Fsp3) is 0.300. The topological polar surface area (TPSA) is 65.1 Å². The van der Waals surface area contributed by atoms with Crippen LogP contribution in [0.4, 0.5) is 0 Å². The molecule has 0 saturated carbocycles. The first-order valence-electron chi connectivity index (χ1n) is 12.7. The van der Waals surface area contributed by atoms with Crippen molar-refractivity contribution in [2.75, 3.05) is 20.1 Å². The number of H-pyrrole nitrogens is 1. The molecular formula is C30H33N5O. The van der Waals surface area contributed by atoms with Gasteiger partial charge in [-0.2, -0.15) is 5.10 Å². The molecule has 1 aliphatic rings. The molecule has 2 aromatic heterocycles. The molecule has 0 radical (unpaired) electrons. The summed E-state index contributed by atoms with van der Waals surface area (Å²) in [7, 11) is 2.22. The van der Waals surface area contributed by atoms with Crippen LogP contribution >= 0.6 is 0 Å². The quantitative estimate of drug-likeness (QED) is 0.383. The minimum absolute atomic E-state index is 0.0338. The van der Waals surface area contributed by atoms with E-state index in [1.54, 1.807) is 0 Å². The van der Waals surface area contributed by atoms with E-state index in [0.29, 0.717) is 17.7 Å². The molecule has 4 aromatic rings. The van der Waals surface area contributed by atoms with Gasteiger partial charge in [-0.3, -0.25) is 19.8 Å². The van der Waals surface area contributed by atoms with Gasteiger partial charge >= 0.3 is 0 Å². The fourth-order valence-corrected chi connectivity index (χ4v) is 5.28. The van der Waals surface area contributed by atoms with Crippen molar-refractivity contribution in [3.05, 3.63) is 108 Å². The van der Waals surface area contributed by atoms with E-state index in [0.717, 1.165) is 50.2 Å². The highest BCUT2D eigenvalue weighted by Gasteiger charge is 2.31. The molecule has 0 spiro atoms. The summed E-state index contributed by atoms with van der Waals surface area (Å²) in [6, 6.07) is 27.1. The second kappa shape index (κ2) is 11.3. The summed E-state index contributed by atoms with van der Waals surface area (Å²) < 4.78 is 0. The average molecular weight is 480 g/mol. The predicted molar refractivity (Wildman–Crippen MR) is 142 cm³/mol. The minimum Gasteiger partial charge on any atom is -0.337 e. The number of piperidine rings is 1. The summed E-state index contributed by atoms with van der Waals surface area (Å²) in [5.41, 5.74) is 4.94. The highest BCUT2D eigenvalue weighted by Crippen LogP contribution is 2.28. The number of amides is 1. The smallest absolute Gasteiger partial charge is 0.271 e. The third kappa shape index (κ3) is 5.71. The number of carbonyl (C=O) groups excluding carboxylic acids is 1. The van der Waals surface area contributed by atoms with E-state index < -0.39 is 0 Å². The molecule has 3 heterocycles. The molecular weight excluding hydrogens is 446 g/mol. The van der Waals surface area contributed by atoms with Crippen LogP contribution < -0.4 is 0 Å². The number of hydrogen-bond acceptors (Lipinski definition) is 4. The van der Waals surface area contributed by atoms with Gasteiger partial charge in [0, 0.05) is 43.6 Å². The Labute approximate surface area is 213 Å². The van der Waals surface area contributed by atoms with E-state index in [-0.39, 0.29) is 5.91 Å². The fourth-order valence-electron chi connectivity index (χ4n) is 5.28. The van der Waals surface area contributed by atoms with Crippen LogP contribution in [0.25, 0.3) is 11.3 Å². The number of likely N-dealkylation sites (tertiary alicyclic amines) is 1. The van der Waals surface area contributed by atoms with Crippen LogP contribution in [-0.2, 0) is 13.0 Å². The van der Waals surface area contributed by atoms with Crippen molar-refractivity contribution in [1.29, 1.82) is 0 Å². The Morgan fingerprint density at radius 3 is 2.39 bits per heavy atom. The Hall–Kier alpha value is -3.77. The lowest BCUT2D eigenvalue weighted by Gasteiger charge is -2.40. The average Bonchev–Trinajstić information content (AvgIpc) is 3.44. The molecule has 36 heavy (non-hydrogen) atoms. The van der Waals surface area contributed by atoms with Crippen molar-refractivity contribution in [3.8, 4) is 11.3 Å². The summed E-state index contributed by atoms with van der Waals surface area (Å²) in [6.45, 7) is 2.38. The minimum atomic E-state index is 0.0338. The van der Waals surface area contributed by atoms with Crippen LogP contribution in [-0.4, -0.2) is 57.1 Å². The Kier molecular flexibility index (Phi) is 7.52. The number of benzene rings is 2. The summed E-state index contributed by atoms with van der Waals surface area (Å²) >= 11 is 0. The number of nitrogens with zero attached hydrogens (tertiary/aromatic N) is 4. The first kappa shape index (κ1) is 23.9. The molecule has 6 heteroatoms. The maximum atomic E-state index is 13.2. The zero-order valence-electron chi connectivity index (χ0n) is 20.8. The number of rotatable bonds is 8. The van der Waals surface area contributed by atoms with Crippen LogP contribution in [0.5, 0.6) is 0 Å². The van der Waals surface area contributed by atoms with Crippen LogP contribution in [0.1, 0.15) is 34.5 Å². The van der Waals surface area contributed by atoms with Crippen molar-refractivity contribution < 1.29 is 4.79 Å². The Morgan fingerprint density at radius 1 is 1.00 bits per heavy atom. The standard InChI is InChI=1S/C30H33N5O/c1-34(22-24-11-8-16-31-21-24)29(19-23-9-4-2-5-10-23)26-14-17-35(18-15-26)30(36)28-20-27(32-33-28)25-12-6-3-7-13-25/h2-13,16,20-21,26,29H,14-15,17-19,22H2,1H3,(H,32,33)/t29-/m1/s1. The van der Waals surface area contributed by atoms with Gasteiger partial charge in [-0.25, -0.2) is 0 Å². The third-order valence-corrected chi connectivity index (χ3v) is 7.26. The first-order valence-corrected chi connectivity index (χ1v) is 12.7. The van der Waals surface area contributed by atoms with Crippen molar-refractivity contribution in [1.82, 2.24) is 25.0 Å². The van der Waals surface area contributed by atoms with Crippen LogP contribution in [0.3, 0.4) is 0 Å². The van der Waals surface area contributed by atoms with E-state index in [1.165, 1.54) is 11.1 Å². The summed E-state index contributed by atoms with van der Waals surface area (Å²) in [5.74, 6) is 0.545. The number of hydrogen-bond donors (Lipinski definition) is 1. The molecule has 1 fully saturated rings. The first-order chi connectivity index (χ1) is 17.7. The van der Waals surface area contributed by atoms with E-state index in [1.807, 2.05) is 59.8 Å². The molecule has 1 aliphatic heterocycles. The van der Waals surface area contributed by atoms with Gasteiger partial charge in [0.05, 0.1) is 5.69 Å². The Balaban J connectivity index is 1.25. The number of aromatic amines is 1. The number of carbonyl (C=O) groups is 1. The SMILES string of the molecule is CN(Cc1cccnc1)[C@H](Cc1ccccc1)C1CCN(C(=O)c2cc(-c3ccccc3)n[nH]2)CC1. The molecule has 1 amide bonds. The lowest BCUT2D eigenvalue weighted by atomic mass is 9.84. The maximum Gasteiger partial charge on any atom is 0.271 e. The zero-order chi connectivity index (χ0) is 24.7. The van der Waals surface area contributed by atoms with Gasteiger partial charge in [0.2, 0.25) is 0 Å². The Bertz CT molecular complexity index is 1230. The lowest BCUT2D eigenvalue weighted by Crippen LogP contribution is -2.46. The predicted octanol–water partition coefficient (Wildman–Crippen LogP) is 5.07. The maximum absolute atomic E-state index is 13.2. The summed E-state index contributed by atoms with van der Waals surface area (Å²) in [5, 5.41) is 7.33. The van der Waals surface area contributed by atoms with Gasteiger partial charge in [0.25, 0.3) is 5.91 Å². The summed E-state index contributed by atoms with van der Waals surface area (Å²) in [4.78, 5) is 22.0. The third-order valence-electron chi connectivity index (χ3n) is 7.26. The number of aromatic nitrogens is 3. The molecule has 1 atom stereocenters. The number of pyridine rings is 1. The van der Waals surface area contributed by atoms with Gasteiger partial charge in [-0.1, -0.05) is 66.7 Å². The van der Waals surface area contributed by atoms with Crippen molar-refractivity contribution in [2.45, 2.75) is 31.8 Å².